The van der Waals surface area contributed by atoms with Gasteiger partial charge in [-0.3, -0.25) is 14.4 Å². The Hall–Kier alpha value is -3.55. The van der Waals surface area contributed by atoms with E-state index in [1.54, 1.807) is 6.92 Å². The lowest BCUT2D eigenvalue weighted by molar-refractivity contribution is -0.242. The normalized spacial score (nSPS) is 16.6. The number of sulfonamides is 1. The fourth-order valence-electron chi connectivity index (χ4n) is 3.84. The maximum atomic E-state index is 13.8. The van der Waals surface area contributed by atoms with Crippen molar-refractivity contribution >= 4 is 33.5 Å². The lowest BCUT2D eigenvalue weighted by atomic mass is 9.98. The van der Waals surface area contributed by atoms with Crippen molar-refractivity contribution in [3.05, 3.63) is 47.8 Å². The van der Waals surface area contributed by atoms with Crippen molar-refractivity contribution in [3.63, 3.8) is 0 Å². The van der Waals surface area contributed by atoms with Gasteiger partial charge in [-0.05, 0) is 75.6 Å². The molecule has 0 spiro atoms. The molecule has 0 radical (unpaired) electrons. The number of anilines is 2. The Bertz CT molecular complexity index is 1360. The maximum Gasteiger partial charge on any atom is 0.427 e. The second-order valence-electron chi connectivity index (χ2n) is 9.57. The number of carboxylic acid groups (broad SMARTS) is 1. The summed E-state index contributed by atoms with van der Waals surface area (Å²) >= 11 is 0. The Morgan fingerprint density at radius 1 is 1.21 bits per heavy atom. The van der Waals surface area contributed by atoms with Crippen molar-refractivity contribution in [2.75, 3.05) is 16.2 Å². The fourth-order valence-corrected chi connectivity index (χ4v) is 5.42. The molecule has 3 rings (SSSR count). The molecule has 0 bridgehead atoms. The number of ether oxygens (including phenoxy) is 2. The zero-order valence-electron chi connectivity index (χ0n) is 21.5. The number of nitrogens with one attached hydrogen (secondary N) is 1. The highest BCUT2D eigenvalue weighted by molar-refractivity contribution is 7.92. The topological polar surface area (TPSA) is 122 Å². The van der Waals surface area contributed by atoms with Crippen LogP contribution in [0.3, 0.4) is 0 Å². The first-order valence-corrected chi connectivity index (χ1v) is 13.3. The number of nitrogens with zero attached hydrogens (tertiary/aromatic N) is 1. The molecule has 1 aliphatic rings. The highest BCUT2D eigenvalue weighted by Crippen LogP contribution is 2.40. The minimum Gasteiger partial charge on any atom is -0.486 e. The monoisotopic (exact) mass is 576 g/mol. The van der Waals surface area contributed by atoms with Crippen LogP contribution in [0.5, 0.6) is 5.75 Å². The molecule has 2 aromatic carbocycles. The van der Waals surface area contributed by atoms with Crippen LogP contribution in [0, 0.1) is 18.7 Å². The van der Waals surface area contributed by atoms with Crippen LogP contribution in [-0.2, 0) is 19.6 Å². The Labute approximate surface area is 222 Å². The van der Waals surface area contributed by atoms with Crippen LogP contribution in [0.4, 0.5) is 33.7 Å². The molecule has 9 nitrogen and oxygen atoms in total. The van der Waals surface area contributed by atoms with Gasteiger partial charge in [0.15, 0.2) is 0 Å². The summed E-state index contributed by atoms with van der Waals surface area (Å²) in [4.78, 5) is 23.5. The second-order valence-corrected chi connectivity index (χ2v) is 11.4. The number of halogens is 4. The zero-order valence-corrected chi connectivity index (χ0v) is 22.3. The number of fused-ring (bicyclic) bond motifs is 1. The van der Waals surface area contributed by atoms with Gasteiger partial charge in [-0.2, -0.15) is 13.2 Å². The fraction of sp³-hybridized carbons (Fsp3) is 0.440. The van der Waals surface area contributed by atoms with E-state index in [4.69, 9.17) is 4.74 Å². The van der Waals surface area contributed by atoms with Crippen LogP contribution < -0.4 is 14.4 Å². The van der Waals surface area contributed by atoms with Crippen molar-refractivity contribution in [2.45, 2.75) is 63.3 Å². The standard InChI is InChI=1S/C25H28F4N2O7S/c1-5-15(22(32)33)11-17-13-31(39(35,36)18-7-8-19(26)14(2)10-18)20-12-16(6-9-21(20)37-17)30-23(34)38-24(3,4)25(27,28)29/h6-10,12,15,17H,5,11,13H2,1-4H3,(H,30,34)(H,32,33)/t15-,17-/m0/s1. The summed E-state index contributed by atoms with van der Waals surface area (Å²) in [6.07, 6.45) is -6.88. The van der Waals surface area contributed by atoms with Gasteiger partial charge in [-0.1, -0.05) is 6.92 Å². The molecule has 39 heavy (non-hydrogen) atoms. The molecule has 0 fully saturated rings. The predicted octanol–water partition coefficient (Wildman–Crippen LogP) is 5.48. The van der Waals surface area contributed by atoms with Crippen molar-refractivity contribution in [3.8, 4) is 5.75 Å². The predicted molar refractivity (Wildman–Crippen MR) is 133 cm³/mol. The first-order chi connectivity index (χ1) is 18.0. The summed E-state index contributed by atoms with van der Waals surface area (Å²) in [5.74, 6) is -2.48. The quantitative estimate of drug-likeness (QED) is 0.399. The van der Waals surface area contributed by atoms with Gasteiger partial charge in [0.2, 0.25) is 5.60 Å². The van der Waals surface area contributed by atoms with Crippen LogP contribution in [0.15, 0.2) is 41.3 Å². The zero-order chi connectivity index (χ0) is 29.3. The van der Waals surface area contributed by atoms with Crippen molar-refractivity contribution in [1.82, 2.24) is 0 Å². The van der Waals surface area contributed by atoms with E-state index in [1.165, 1.54) is 25.1 Å². The van der Waals surface area contributed by atoms with E-state index in [2.05, 4.69) is 10.1 Å². The molecule has 1 aliphatic heterocycles. The molecule has 0 unspecified atom stereocenters. The molecule has 2 aromatic rings. The largest absolute Gasteiger partial charge is 0.486 e. The number of rotatable bonds is 8. The van der Waals surface area contributed by atoms with Crippen LogP contribution in [0.2, 0.25) is 0 Å². The molecule has 14 heteroatoms. The molecule has 0 aliphatic carbocycles. The summed E-state index contributed by atoms with van der Waals surface area (Å²) in [6, 6.07) is 6.95. The van der Waals surface area contributed by atoms with Gasteiger partial charge in [0.05, 0.1) is 23.0 Å². The number of aryl methyl sites for hydroxylation is 1. The van der Waals surface area contributed by atoms with Gasteiger partial charge < -0.3 is 14.6 Å². The molecule has 2 atom stereocenters. The van der Waals surface area contributed by atoms with Crippen molar-refractivity contribution in [2.24, 2.45) is 5.92 Å². The van der Waals surface area contributed by atoms with E-state index in [-0.39, 0.29) is 47.0 Å². The SMILES string of the molecule is CC[C@@H](C[C@H]1CN(S(=O)(=O)c2ccc(F)c(C)c2)c2cc(NC(=O)OC(C)(C)C(F)(F)F)ccc2O1)C(=O)O. The number of carbonyl (C=O) groups excluding carboxylic acids is 1. The molecule has 0 aromatic heterocycles. The van der Waals surface area contributed by atoms with E-state index in [0.717, 1.165) is 22.5 Å². The molecule has 1 amide bonds. The van der Waals surface area contributed by atoms with Crippen molar-refractivity contribution < 1.29 is 50.1 Å². The number of carbonyl (C=O) groups is 2. The maximum absolute atomic E-state index is 13.8. The lowest BCUT2D eigenvalue weighted by Crippen LogP contribution is -2.45. The molecule has 1 heterocycles. The first kappa shape index (κ1) is 30.0. The van der Waals surface area contributed by atoms with Gasteiger partial charge in [-0.25, -0.2) is 17.6 Å². The summed E-state index contributed by atoms with van der Waals surface area (Å²) in [6.45, 7) is 4.09. The third-order valence-corrected chi connectivity index (χ3v) is 8.05. The first-order valence-electron chi connectivity index (χ1n) is 11.9. The third-order valence-electron chi connectivity index (χ3n) is 6.27. The highest BCUT2D eigenvalue weighted by atomic mass is 32.2. The number of amides is 1. The summed E-state index contributed by atoms with van der Waals surface area (Å²) < 4.78 is 91.8. The molecular formula is C25H28F4N2O7S. The van der Waals surface area contributed by atoms with Crippen LogP contribution in [-0.4, -0.2) is 50.0 Å². The van der Waals surface area contributed by atoms with E-state index in [0.29, 0.717) is 13.8 Å². The van der Waals surface area contributed by atoms with Crippen LogP contribution in [0.1, 0.15) is 39.2 Å². The number of aliphatic carboxylic acids is 1. The second kappa shape index (κ2) is 10.9. The van der Waals surface area contributed by atoms with Crippen LogP contribution in [0.25, 0.3) is 0 Å². The molecule has 0 saturated heterocycles. The average Bonchev–Trinajstić information content (AvgIpc) is 2.82. The number of alkyl halides is 3. The molecule has 0 saturated carbocycles. The Morgan fingerprint density at radius 2 is 1.87 bits per heavy atom. The molecule has 214 valence electrons. The Kier molecular flexibility index (Phi) is 8.39. The number of carboxylic acids is 1. The Balaban J connectivity index is 2.00. The highest BCUT2D eigenvalue weighted by Gasteiger charge is 2.51. The molecular weight excluding hydrogens is 548 g/mol. The number of benzene rings is 2. The van der Waals surface area contributed by atoms with Gasteiger partial charge in [0, 0.05) is 5.69 Å². The third kappa shape index (κ3) is 6.54. The molecule has 2 N–H and O–H groups in total. The van der Waals surface area contributed by atoms with Gasteiger partial charge in [-0.15, -0.1) is 0 Å². The van der Waals surface area contributed by atoms with E-state index in [1.807, 2.05) is 0 Å². The number of hydrogen-bond acceptors (Lipinski definition) is 6. The summed E-state index contributed by atoms with van der Waals surface area (Å²) in [5, 5.41) is 11.6. The minimum absolute atomic E-state index is 0.0153. The lowest BCUT2D eigenvalue weighted by Gasteiger charge is -2.36. The van der Waals surface area contributed by atoms with Crippen LogP contribution >= 0.6 is 0 Å². The smallest absolute Gasteiger partial charge is 0.427 e. The average molecular weight is 577 g/mol. The van der Waals surface area contributed by atoms with E-state index >= 15 is 0 Å². The van der Waals surface area contributed by atoms with Gasteiger partial charge in [0.1, 0.15) is 17.7 Å². The van der Waals surface area contributed by atoms with Gasteiger partial charge >= 0.3 is 18.2 Å². The summed E-state index contributed by atoms with van der Waals surface area (Å²) in [5.41, 5.74) is -2.88. The summed E-state index contributed by atoms with van der Waals surface area (Å²) in [7, 11) is -4.36. The van der Waals surface area contributed by atoms with Crippen molar-refractivity contribution in [1.29, 1.82) is 0 Å². The minimum atomic E-state index is -4.84. The number of hydrogen-bond donors (Lipinski definition) is 2. The van der Waals surface area contributed by atoms with Gasteiger partial charge in [0.25, 0.3) is 10.0 Å². The van der Waals surface area contributed by atoms with E-state index in [9.17, 15) is 40.7 Å². The van der Waals surface area contributed by atoms with E-state index < -0.39 is 51.7 Å². The Morgan fingerprint density at radius 3 is 2.44 bits per heavy atom.